The number of aliphatic carboxylic acids is 1. The molecular formula is C14H26N2O3. The highest BCUT2D eigenvalue weighted by atomic mass is 16.4. The molecule has 1 atom stereocenters. The van der Waals surface area contributed by atoms with Crippen molar-refractivity contribution in [1.29, 1.82) is 0 Å². The summed E-state index contributed by atoms with van der Waals surface area (Å²) in [7, 11) is 0. The van der Waals surface area contributed by atoms with Gasteiger partial charge < -0.3 is 15.7 Å². The average molecular weight is 270 g/mol. The molecule has 0 aliphatic heterocycles. The molecule has 0 radical (unpaired) electrons. The van der Waals surface area contributed by atoms with E-state index in [1.807, 2.05) is 6.92 Å². The second-order valence-corrected chi connectivity index (χ2v) is 5.88. The summed E-state index contributed by atoms with van der Waals surface area (Å²) in [5.74, 6) is -0.420. The summed E-state index contributed by atoms with van der Waals surface area (Å²) in [6.07, 6.45) is 4.48. The molecule has 1 saturated carbocycles. The standard InChI is InChI=1S/C14H26N2O3/c1-4-5-6-11(12(17)18)16-13(19)15-9-14(7-8-14)10(2)3/h10-11H,4-9H2,1-3H3,(H,17,18)(H2,15,16,19). The number of carboxylic acids is 1. The lowest BCUT2D eigenvalue weighted by Gasteiger charge is -2.21. The van der Waals surface area contributed by atoms with Crippen LogP contribution in [0, 0.1) is 11.3 Å². The molecule has 0 spiro atoms. The molecule has 3 N–H and O–H groups in total. The van der Waals surface area contributed by atoms with Crippen LogP contribution in [0.2, 0.25) is 0 Å². The van der Waals surface area contributed by atoms with E-state index < -0.39 is 12.0 Å². The Kier molecular flexibility index (Phi) is 5.63. The first-order valence-corrected chi connectivity index (χ1v) is 7.18. The first kappa shape index (κ1) is 15.8. The predicted molar refractivity (Wildman–Crippen MR) is 74.0 cm³/mol. The second kappa shape index (κ2) is 6.78. The molecule has 5 nitrogen and oxygen atoms in total. The normalized spacial score (nSPS) is 17.9. The molecule has 0 aromatic heterocycles. The van der Waals surface area contributed by atoms with Crippen LogP contribution in [0.3, 0.4) is 0 Å². The van der Waals surface area contributed by atoms with Crippen molar-refractivity contribution in [3.05, 3.63) is 0 Å². The highest BCUT2D eigenvalue weighted by Gasteiger charge is 2.45. The highest BCUT2D eigenvalue weighted by molar-refractivity contribution is 5.82. The van der Waals surface area contributed by atoms with Crippen molar-refractivity contribution in [3.63, 3.8) is 0 Å². The van der Waals surface area contributed by atoms with E-state index >= 15 is 0 Å². The van der Waals surface area contributed by atoms with E-state index in [9.17, 15) is 9.59 Å². The lowest BCUT2D eigenvalue weighted by molar-refractivity contribution is -0.139. The summed E-state index contributed by atoms with van der Waals surface area (Å²) in [6, 6.07) is -1.15. The smallest absolute Gasteiger partial charge is 0.326 e. The fourth-order valence-electron chi connectivity index (χ4n) is 2.25. The van der Waals surface area contributed by atoms with Crippen LogP contribution in [0.5, 0.6) is 0 Å². The van der Waals surface area contributed by atoms with Crippen LogP contribution in [-0.4, -0.2) is 29.7 Å². The van der Waals surface area contributed by atoms with Gasteiger partial charge in [-0.2, -0.15) is 0 Å². The molecule has 0 bridgehead atoms. The van der Waals surface area contributed by atoms with Crippen LogP contribution in [-0.2, 0) is 4.79 Å². The zero-order chi connectivity index (χ0) is 14.5. The molecule has 1 fully saturated rings. The van der Waals surface area contributed by atoms with Crippen molar-refractivity contribution < 1.29 is 14.7 Å². The van der Waals surface area contributed by atoms with Gasteiger partial charge in [0.2, 0.25) is 0 Å². The summed E-state index contributed by atoms with van der Waals surface area (Å²) in [5.41, 5.74) is 0.236. The first-order chi connectivity index (χ1) is 8.91. The van der Waals surface area contributed by atoms with Crippen molar-refractivity contribution in [2.75, 3.05) is 6.54 Å². The van der Waals surface area contributed by atoms with Gasteiger partial charge in [0.1, 0.15) is 6.04 Å². The molecule has 1 rings (SSSR count). The molecule has 1 aliphatic rings. The van der Waals surface area contributed by atoms with Crippen molar-refractivity contribution >= 4 is 12.0 Å². The van der Waals surface area contributed by atoms with E-state index in [0.29, 0.717) is 18.9 Å². The third kappa shape index (κ3) is 4.73. The minimum Gasteiger partial charge on any atom is -0.480 e. The van der Waals surface area contributed by atoms with Crippen LogP contribution in [0.1, 0.15) is 52.9 Å². The van der Waals surface area contributed by atoms with Crippen LogP contribution < -0.4 is 10.6 Å². The number of hydrogen-bond acceptors (Lipinski definition) is 2. The fourth-order valence-corrected chi connectivity index (χ4v) is 2.25. The highest BCUT2D eigenvalue weighted by Crippen LogP contribution is 2.51. The quantitative estimate of drug-likeness (QED) is 0.633. The molecule has 1 unspecified atom stereocenters. The van der Waals surface area contributed by atoms with Gasteiger partial charge in [0.25, 0.3) is 0 Å². The number of rotatable bonds is 8. The molecule has 0 saturated heterocycles. The Morgan fingerprint density at radius 1 is 1.32 bits per heavy atom. The molecule has 110 valence electrons. The van der Waals surface area contributed by atoms with Gasteiger partial charge in [-0.15, -0.1) is 0 Å². The largest absolute Gasteiger partial charge is 0.480 e. The number of unbranched alkanes of at least 4 members (excludes halogenated alkanes) is 1. The summed E-state index contributed by atoms with van der Waals surface area (Å²) in [4.78, 5) is 22.8. The van der Waals surface area contributed by atoms with Gasteiger partial charge in [-0.05, 0) is 30.6 Å². The molecular weight excluding hydrogens is 244 g/mol. The predicted octanol–water partition coefficient (Wildman–Crippen LogP) is 2.37. The molecule has 0 aromatic rings. The van der Waals surface area contributed by atoms with Gasteiger partial charge in [-0.25, -0.2) is 9.59 Å². The average Bonchev–Trinajstić information content (AvgIpc) is 3.12. The summed E-state index contributed by atoms with van der Waals surface area (Å²) in [6.45, 7) is 6.96. The zero-order valence-electron chi connectivity index (χ0n) is 12.2. The maximum Gasteiger partial charge on any atom is 0.326 e. The molecule has 0 aromatic carbocycles. The van der Waals surface area contributed by atoms with Crippen LogP contribution >= 0.6 is 0 Å². The van der Waals surface area contributed by atoms with Gasteiger partial charge in [-0.3, -0.25) is 0 Å². The van der Waals surface area contributed by atoms with Crippen molar-refractivity contribution in [1.82, 2.24) is 10.6 Å². The van der Waals surface area contributed by atoms with Gasteiger partial charge in [-0.1, -0.05) is 33.6 Å². The topological polar surface area (TPSA) is 78.4 Å². The van der Waals surface area contributed by atoms with E-state index in [0.717, 1.165) is 25.7 Å². The lowest BCUT2D eigenvalue weighted by atomic mass is 9.92. The Bertz CT molecular complexity index is 325. The zero-order valence-corrected chi connectivity index (χ0v) is 12.2. The van der Waals surface area contributed by atoms with Crippen molar-refractivity contribution in [3.8, 4) is 0 Å². The van der Waals surface area contributed by atoms with E-state index in [2.05, 4.69) is 24.5 Å². The van der Waals surface area contributed by atoms with Crippen molar-refractivity contribution in [2.45, 2.75) is 58.9 Å². The number of carboxylic acid groups (broad SMARTS) is 1. The number of hydrogen-bond donors (Lipinski definition) is 3. The van der Waals surface area contributed by atoms with E-state index in [1.165, 1.54) is 0 Å². The second-order valence-electron chi connectivity index (χ2n) is 5.88. The number of urea groups is 1. The Hall–Kier alpha value is -1.26. The summed E-state index contributed by atoms with van der Waals surface area (Å²) < 4.78 is 0. The van der Waals surface area contributed by atoms with Gasteiger partial charge in [0, 0.05) is 6.54 Å². The van der Waals surface area contributed by atoms with Crippen molar-refractivity contribution in [2.24, 2.45) is 11.3 Å². The summed E-state index contributed by atoms with van der Waals surface area (Å²) >= 11 is 0. The maximum absolute atomic E-state index is 11.7. The van der Waals surface area contributed by atoms with E-state index in [1.54, 1.807) is 0 Å². The molecule has 19 heavy (non-hydrogen) atoms. The lowest BCUT2D eigenvalue weighted by Crippen LogP contribution is -2.47. The molecule has 1 aliphatic carbocycles. The molecule has 5 heteroatoms. The Morgan fingerprint density at radius 2 is 1.95 bits per heavy atom. The Labute approximate surface area is 115 Å². The fraction of sp³-hybridized carbons (Fsp3) is 0.857. The van der Waals surface area contributed by atoms with Gasteiger partial charge >= 0.3 is 12.0 Å². The first-order valence-electron chi connectivity index (χ1n) is 7.18. The maximum atomic E-state index is 11.7. The Morgan fingerprint density at radius 3 is 2.37 bits per heavy atom. The number of amides is 2. The van der Waals surface area contributed by atoms with Crippen LogP contribution in [0.25, 0.3) is 0 Å². The third-order valence-electron chi connectivity index (χ3n) is 4.17. The monoisotopic (exact) mass is 270 g/mol. The number of carbonyl (C=O) groups is 2. The molecule has 0 heterocycles. The van der Waals surface area contributed by atoms with E-state index in [-0.39, 0.29) is 11.4 Å². The van der Waals surface area contributed by atoms with Crippen LogP contribution in [0.4, 0.5) is 4.79 Å². The third-order valence-corrected chi connectivity index (χ3v) is 4.17. The SMILES string of the molecule is CCCCC(NC(=O)NCC1(C(C)C)CC1)C(=O)O. The molecule has 2 amide bonds. The minimum atomic E-state index is -0.964. The summed E-state index contributed by atoms with van der Waals surface area (Å²) in [5, 5.41) is 14.4. The number of nitrogens with one attached hydrogen (secondary N) is 2. The minimum absolute atomic E-state index is 0.236. The Balaban J connectivity index is 2.34. The van der Waals surface area contributed by atoms with Gasteiger partial charge in [0.15, 0.2) is 0 Å². The van der Waals surface area contributed by atoms with Crippen LogP contribution in [0.15, 0.2) is 0 Å². The van der Waals surface area contributed by atoms with E-state index in [4.69, 9.17) is 5.11 Å². The van der Waals surface area contributed by atoms with Gasteiger partial charge in [0.05, 0.1) is 0 Å². The number of carbonyl (C=O) groups excluding carboxylic acids is 1.